The highest BCUT2D eigenvalue weighted by atomic mass is 19.1. The number of rotatable bonds is 6. The number of carbonyl (C=O) groups excluding carboxylic acids is 1. The molecule has 0 spiro atoms. The van der Waals surface area contributed by atoms with Crippen LogP contribution in [0.25, 0.3) is 0 Å². The molecule has 2 heterocycles. The van der Waals surface area contributed by atoms with Crippen LogP contribution in [0.2, 0.25) is 0 Å². The van der Waals surface area contributed by atoms with Crippen LogP contribution in [0.5, 0.6) is 0 Å². The van der Waals surface area contributed by atoms with Gasteiger partial charge in [0.05, 0.1) is 6.54 Å². The Hall–Kier alpha value is -2.35. The molecule has 0 saturated carbocycles. The number of amides is 1. The lowest BCUT2D eigenvalue weighted by Crippen LogP contribution is -2.35. The molecule has 1 amide bonds. The number of hydrogen-bond donors (Lipinski definition) is 1. The smallest absolute Gasteiger partial charge is 0.315 e. The van der Waals surface area contributed by atoms with Gasteiger partial charge in [0.1, 0.15) is 11.6 Å². The highest BCUT2D eigenvalue weighted by Crippen LogP contribution is 2.24. The number of benzene rings is 1. The van der Waals surface area contributed by atoms with Gasteiger partial charge < -0.3 is 9.84 Å². The molecule has 2 aromatic rings. The Kier molecular flexibility index (Phi) is 5.92. The summed E-state index contributed by atoms with van der Waals surface area (Å²) in [5, 5.41) is 6.27. The van der Waals surface area contributed by atoms with Crippen LogP contribution in [0.1, 0.15) is 41.3 Å². The van der Waals surface area contributed by atoms with Crippen LogP contribution < -0.4 is 5.32 Å². The normalized spacial score (nSPS) is 18.0. The molecule has 1 N–H and O–H groups in total. The van der Waals surface area contributed by atoms with Crippen molar-refractivity contribution in [1.29, 1.82) is 0 Å². The van der Waals surface area contributed by atoms with Gasteiger partial charge in [-0.2, -0.15) is 4.98 Å². The average Bonchev–Trinajstić information content (AvgIpc) is 3.09. The van der Waals surface area contributed by atoms with Crippen molar-refractivity contribution in [3.8, 4) is 0 Å². The van der Waals surface area contributed by atoms with E-state index in [0.29, 0.717) is 24.7 Å². The van der Waals surface area contributed by atoms with Crippen LogP contribution in [0, 0.1) is 17.6 Å². The first-order chi connectivity index (χ1) is 12.6. The fourth-order valence-corrected chi connectivity index (χ4v) is 3.37. The molecule has 0 radical (unpaired) electrons. The van der Waals surface area contributed by atoms with Crippen LogP contribution in [0.4, 0.5) is 8.78 Å². The Morgan fingerprint density at radius 3 is 2.88 bits per heavy atom. The summed E-state index contributed by atoms with van der Waals surface area (Å²) >= 11 is 0. The van der Waals surface area contributed by atoms with Crippen LogP contribution >= 0.6 is 0 Å². The highest BCUT2D eigenvalue weighted by molar-refractivity contribution is 5.89. The molecule has 0 aliphatic carbocycles. The second kappa shape index (κ2) is 8.35. The van der Waals surface area contributed by atoms with E-state index in [9.17, 15) is 13.6 Å². The lowest BCUT2D eigenvalue weighted by atomic mass is 9.91. The molecule has 0 bridgehead atoms. The lowest BCUT2D eigenvalue weighted by molar-refractivity contribution is 0.0919. The SMILES string of the molecule is CNC(=O)c1nc(CN2CCC[C@H](CCc3c(F)cccc3F)C2)no1. The minimum absolute atomic E-state index is 0.0499. The zero-order chi connectivity index (χ0) is 18.5. The summed E-state index contributed by atoms with van der Waals surface area (Å²) in [7, 11) is 1.50. The van der Waals surface area contributed by atoms with Gasteiger partial charge in [0.15, 0.2) is 5.82 Å². The Morgan fingerprint density at radius 1 is 1.38 bits per heavy atom. The van der Waals surface area contributed by atoms with Gasteiger partial charge in [0, 0.05) is 19.2 Å². The number of nitrogens with zero attached hydrogens (tertiary/aromatic N) is 3. The quantitative estimate of drug-likeness (QED) is 0.853. The van der Waals surface area contributed by atoms with E-state index in [2.05, 4.69) is 20.4 Å². The molecule has 26 heavy (non-hydrogen) atoms. The monoisotopic (exact) mass is 364 g/mol. The third-order valence-electron chi connectivity index (χ3n) is 4.72. The zero-order valence-electron chi connectivity index (χ0n) is 14.7. The molecule has 140 valence electrons. The van der Waals surface area contributed by atoms with Crippen molar-refractivity contribution in [2.45, 2.75) is 32.2 Å². The number of aromatic nitrogens is 2. The molecular formula is C18H22F2N4O2. The topological polar surface area (TPSA) is 71.3 Å². The van der Waals surface area contributed by atoms with E-state index in [1.807, 2.05) is 0 Å². The van der Waals surface area contributed by atoms with Gasteiger partial charge in [-0.15, -0.1) is 0 Å². The predicted octanol–water partition coefficient (Wildman–Crippen LogP) is 2.55. The van der Waals surface area contributed by atoms with E-state index in [4.69, 9.17) is 4.52 Å². The van der Waals surface area contributed by atoms with Crippen molar-refractivity contribution in [3.63, 3.8) is 0 Å². The largest absolute Gasteiger partial charge is 0.351 e. The third-order valence-corrected chi connectivity index (χ3v) is 4.72. The molecule has 1 atom stereocenters. The Balaban J connectivity index is 1.54. The Labute approximate surface area is 150 Å². The van der Waals surface area contributed by atoms with Gasteiger partial charge in [0.25, 0.3) is 0 Å². The summed E-state index contributed by atoms with van der Waals surface area (Å²) in [5.41, 5.74) is 0.165. The maximum Gasteiger partial charge on any atom is 0.315 e. The molecule has 8 heteroatoms. The average molecular weight is 364 g/mol. The summed E-state index contributed by atoms with van der Waals surface area (Å²) < 4.78 is 32.4. The van der Waals surface area contributed by atoms with Gasteiger partial charge in [0.2, 0.25) is 0 Å². The van der Waals surface area contributed by atoms with E-state index in [1.165, 1.54) is 25.2 Å². The molecule has 1 aliphatic rings. The van der Waals surface area contributed by atoms with Crippen LogP contribution in [0.3, 0.4) is 0 Å². The standard InChI is InChI=1S/C18H22F2N4O2/c1-21-17(25)18-22-16(23-26-18)11-24-9-3-4-12(10-24)7-8-13-14(19)5-2-6-15(13)20/h2,5-6,12H,3-4,7-11H2,1H3,(H,21,25)/t12-/m1/s1. The Morgan fingerprint density at radius 2 is 2.15 bits per heavy atom. The first-order valence-electron chi connectivity index (χ1n) is 8.76. The molecule has 1 aliphatic heterocycles. The van der Waals surface area contributed by atoms with Gasteiger partial charge in [-0.3, -0.25) is 9.69 Å². The van der Waals surface area contributed by atoms with Crippen molar-refractivity contribution in [2.24, 2.45) is 5.92 Å². The second-order valence-corrected chi connectivity index (χ2v) is 6.58. The first kappa shape index (κ1) is 18.4. The second-order valence-electron chi connectivity index (χ2n) is 6.58. The minimum atomic E-state index is -0.480. The molecule has 3 rings (SSSR count). The molecule has 1 saturated heterocycles. The summed E-state index contributed by atoms with van der Waals surface area (Å²) in [5.74, 6) is -0.604. The molecule has 1 aromatic carbocycles. The summed E-state index contributed by atoms with van der Waals surface area (Å²) in [4.78, 5) is 17.7. The molecular weight excluding hydrogens is 342 g/mol. The summed E-state index contributed by atoms with van der Waals surface area (Å²) in [6, 6.07) is 3.98. The Bertz CT molecular complexity index is 745. The minimum Gasteiger partial charge on any atom is -0.351 e. The molecule has 1 fully saturated rings. The summed E-state index contributed by atoms with van der Waals surface area (Å²) in [6.07, 6.45) is 3.15. The lowest BCUT2D eigenvalue weighted by Gasteiger charge is -2.31. The van der Waals surface area contributed by atoms with Crippen LogP contribution in [-0.4, -0.2) is 41.1 Å². The number of hydrogen-bond acceptors (Lipinski definition) is 5. The van der Waals surface area contributed by atoms with Crippen LogP contribution in [-0.2, 0) is 13.0 Å². The number of carbonyl (C=O) groups is 1. The van der Waals surface area contributed by atoms with E-state index < -0.39 is 17.5 Å². The van der Waals surface area contributed by atoms with E-state index in [0.717, 1.165) is 32.4 Å². The summed E-state index contributed by atoms with van der Waals surface area (Å²) in [6.45, 7) is 2.19. The van der Waals surface area contributed by atoms with Gasteiger partial charge in [-0.1, -0.05) is 11.2 Å². The third kappa shape index (κ3) is 4.43. The van der Waals surface area contributed by atoms with Crippen molar-refractivity contribution >= 4 is 5.91 Å². The van der Waals surface area contributed by atoms with Crippen molar-refractivity contribution < 1.29 is 18.1 Å². The van der Waals surface area contributed by atoms with Gasteiger partial charge in [-0.25, -0.2) is 8.78 Å². The van der Waals surface area contributed by atoms with Gasteiger partial charge in [-0.05, 0) is 50.3 Å². The van der Waals surface area contributed by atoms with E-state index in [-0.39, 0.29) is 11.5 Å². The fourth-order valence-electron chi connectivity index (χ4n) is 3.37. The molecule has 1 aromatic heterocycles. The highest BCUT2D eigenvalue weighted by Gasteiger charge is 2.23. The number of likely N-dealkylation sites (tertiary alicyclic amines) is 1. The van der Waals surface area contributed by atoms with E-state index >= 15 is 0 Å². The number of nitrogens with one attached hydrogen (secondary N) is 1. The fraction of sp³-hybridized carbons (Fsp3) is 0.500. The number of halogens is 2. The van der Waals surface area contributed by atoms with Gasteiger partial charge >= 0.3 is 11.8 Å². The first-order valence-corrected chi connectivity index (χ1v) is 8.76. The molecule has 6 nitrogen and oxygen atoms in total. The van der Waals surface area contributed by atoms with Crippen molar-refractivity contribution in [2.75, 3.05) is 20.1 Å². The van der Waals surface area contributed by atoms with Crippen LogP contribution in [0.15, 0.2) is 22.7 Å². The number of piperidine rings is 1. The van der Waals surface area contributed by atoms with Crippen molar-refractivity contribution in [1.82, 2.24) is 20.4 Å². The maximum absolute atomic E-state index is 13.8. The van der Waals surface area contributed by atoms with E-state index in [1.54, 1.807) is 0 Å². The predicted molar refractivity (Wildman–Crippen MR) is 90.4 cm³/mol. The zero-order valence-corrected chi connectivity index (χ0v) is 14.7. The maximum atomic E-state index is 13.8. The molecule has 0 unspecified atom stereocenters. The van der Waals surface area contributed by atoms with Crippen molar-refractivity contribution in [3.05, 3.63) is 47.1 Å².